The standard InChI is InChI=1S/C19H18N6O2S/c26-17(21-11-13-5-3-4-10-20-13)12-28-19-25-24-18(27-19)9-8-16-22-14-6-1-2-7-15(14)23-16/h1-7,10H,8-9,11-12H2,(H,21,26)(H,22,23). The van der Waals surface area contributed by atoms with Crippen molar-refractivity contribution in [3.8, 4) is 0 Å². The molecule has 142 valence electrons. The van der Waals surface area contributed by atoms with Crippen molar-refractivity contribution in [2.45, 2.75) is 24.6 Å². The molecular formula is C19H18N6O2S. The van der Waals surface area contributed by atoms with Gasteiger partial charge in [0, 0.05) is 19.0 Å². The lowest BCUT2D eigenvalue weighted by Crippen LogP contribution is -2.24. The summed E-state index contributed by atoms with van der Waals surface area (Å²) in [5, 5.41) is 11.2. The first kappa shape index (κ1) is 18.2. The number of rotatable bonds is 8. The Morgan fingerprint density at radius 1 is 1.11 bits per heavy atom. The second kappa shape index (κ2) is 8.66. The lowest BCUT2D eigenvalue weighted by Gasteiger charge is -2.02. The largest absolute Gasteiger partial charge is 0.416 e. The van der Waals surface area contributed by atoms with Crippen LogP contribution in [-0.4, -0.2) is 36.8 Å². The minimum Gasteiger partial charge on any atom is -0.416 e. The summed E-state index contributed by atoms with van der Waals surface area (Å²) in [5.41, 5.74) is 2.76. The number of nitrogens with one attached hydrogen (secondary N) is 2. The molecule has 3 heterocycles. The number of para-hydroxylation sites is 2. The van der Waals surface area contributed by atoms with Crippen LogP contribution in [0.15, 0.2) is 58.3 Å². The summed E-state index contributed by atoms with van der Waals surface area (Å²) in [6.07, 6.45) is 2.95. The van der Waals surface area contributed by atoms with Crippen molar-refractivity contribution in [3.05, 3.63) is 66.1 Å². The molecular weight excluding hydrogens is 376 g/mol. The third-order valence-corrected chi connectivity index (χ3v) is 4.80. The zero-order chi connectivity index (χ0) is 19.2. The van der Waals surface area contributed by atoms with Gasteiger partial charge in [-0.05, 0) is 24.3 Å². The molecule has 0 fully saturated rings. The van der Waals surface area contributed by atoms with E-state index < -0.39 is 0 Å². The van der Waals surface area contributed by atoms with Gasteiger partial charge in [0.05, 0.1) is 29.0 Å². The quantitative estimate of drug-likeness (QED) is 0.442. The SMILES string of the molecule is O=C(CSc1nnc(CCc2nc3ccccc3[nH]2)o1)NCc1ccccn1. The monoisotopic (exact) mass is 394 g/mol. The molecule has 0 aliphatic carbocycles. The van der Waals surface area contributed by atoms with Gasteiger partial charge < -0.3 is 14.7 Å². The molecule has 0 saturated carbocycles. The predicted octanol–water partition coefficient (Wildman–Crippen LogP) is 2.53. The Labute approximate surface area is 165 Å². The van der Waals surface area contributed by atoms with Crippen molar-refractivity contribution >= 4 is 28.7 Å². The fourth-order valence-corrected chi connectivity index (χ4v) is 3.23. The third kappa shape index (κ3) is 4.74. The smallest absolute Gasteiger partial charge is 0.277 e. The number of pyridine rings is 1. The minimum atomic E-state index is -0.113. The van der Waals surface area contributed by atoms with Crippen LogP contribution in [0.3, 0.4) is 0 Å². The fraction of sp³-hybridized carbons (Fsp3) is 0.211. The number of aryl methyl sites for hydroxylation is 2. The summed E-state index contributed by atoms with van der Waals surface area (Å²) in [4.78, 5) is 23.9. The lowest BCUT2D eigenvalue weighted by atomic mass is 10.3. The molecule has 0 saturated heterocycles. The number of hydrogen-bond donors (Lipinski definition) is 2. The van der Waals surface area contributed by atoms with Gasteiger partial charge in [-0.2, -0.15) is 0 Å². The number of aromatic nitrogens is 5. The first-order valence-corrected chi connectivity index (χ1v) is 9.80. The normalized spacial score (nSPS) is 11.0. The van der Waals surface area contributed by atoms with E-state index in [1.54, 1.807) is 6.20 Å². The number of fused-ring (bicyclic) bond motifs is 1. The average molecular weight is 394 g/mol. The molecule has 4 rings (SSSR count). The van der Waals surface area contributed by atoms with Crippen molar-refractivity contribution in [2.75, 3.05) is 5.75 Å². The van der Waals surface area contributed by atoms with E-state index in [4.69, 9.17) is 4.42 Å². The van der Waals surface area contributed by atoms with Crippen LogP contribution in [0.2, 0.25) is 0 Å². The van der Waals surface area contributed by atoms with Gasteiger partial charge in [-0.15, -0.1) is 10.2 Å². The first-order valence-electron chi connectivity index (χ1n) is 8.82. The second-order valence-electron chi connectivity index (χ2n) is 6.05. The molecule has 0 aliphatic rings. The lowest BCUT2D eigenvalue weighted by molar-refractivity contribution is -0.118. The van der Waals surface area contributed by atoms with Crippen molar-refractivity contribution in [2.24, 2.45) is 0 Å². The van der Waals surface area contributed by atoms with Gasteiger partial charge in [-0.25, -0.2) is 4.98 Å². The number of aromatic amines is 1. The Hall–Kier alpha value is -3.20. The molecule has 8 nitrogen and oxygen atoms in total. The van der Waals surface area contributed by atoms with Crippen LogP contribution in [0.4, 0.5) is 0 Å². The van der Waals surface area contributed by atoms with Crippen LogP contribution in [0.5, 0.6) is 0 Å². The highest BCUT2D eigenvalue weighted by atomic mass is 32.2. The molecule has 0 radical (unpaired) electrons. The van der Waals surface area contributed by atoms with Crippen LogP contribution in [0.1, 0.15) is 17.4 Å². The highest BCUT2D eigenvalue weighted by Crippen LogP contribution is 2.17. The van der Waals surface area contributed by atoms with Gasteiger partial charge >= 0.3 is 0 Å². The summed E-state index contributed by atoms with van der Waals surface area (Å²) >= 11 is 1.21. The Kier molecular flexibility index (Phi) is 5.62. The Morgan fingerprint density at radius 3 is 2.86 bits per heavy atom. The van der Waals surface area contributed by atoms with E-state index in [0.29, 0.717) is 30.5 Å². The van der Waals surface area contributed by atoms with Crippen LogP contribution < -0.4 is 5.32 Å². The number of thioether (sulfide) groups is 1. The Morgan fingerprint density at radius 2 is 2.00 bits per heavy atom. The van der Waals surface area contributed by atoms with Gasteiger partial charge in [0.25, 0.3) is 5.22 Å². The summed E-state index contributed by atoms with van der Waals surface area (Å²) in [5.74, 6) is 1.50. The number of imidazole rings is 1. The molecule has 0 aliphatic heterocycles. The van der Waals surface area contributed by atoms with Crippen molar-refractivity contribution in [1.82, 2.24) is 30.5 Å². The molecule has 1 amide bonds. The maximum absolute atomic E-state index is 11.9. The number of H-pyrrole nitrogens is 1. The van der Waals surface area contributed by atoms with E-state index in [-0.39, 0.29) is 11.7 Å². The molecule has 1 aromatic carbocycles. The highest BCUT2D eigenvalue weighted by Gasteiger charge is 2.11. The molecule has 0 bridgehead atoms. The highest BCUT2D eigenvalue weighted by molar-refractivity contribution is 7.99. The molecule has 9 heteroatoms. The number of carbonyl (C=O) groups is 1. The fourth-order valence-electron chi connectivity index (χ4n) is 2.62. The Bertz CT molecular complexity index is 1030. The second-order valence-corrected chi connectivity index (χ2v) is 6.98. The molecule has 0 unspecified atom stereocenters. The molecule has 4 aromatic rings. The predicted molar refractivity (Wildman–Crippen MR) is 105 cm³/mol. The van der Waals surface area contributed by atoms with Gasteiger partial charge in [-0.1, -0.05) is 30.0 Å². The van der Waals surface area contributed by atoms with Crippen LogP contribution in [0.25, 0.3) is 11.0 Å². The minimum absolute atomic E-state index is 0.113. The summed E-state index contributed by atoms with van der Waals surface area (Å²) in [7, 11) is 0. The number of hydrogen-bond acceptors (Lipinski definition) is 7. The number of carbonyl (C=O) groups excluding carboxylic acids is 1. The van der Waals surface area contributed by atoms with Gasteiger partial charge in [0.1, 0.15) is 5.82 Å². The first-order chi connectivity index (χ1) is 13.8. The molecule has 0 spiro atoms. The molecule has 0 atom stereocenters. The van der Waals surface area contributed by atoms with E-state index >= 15 is 0 Å². The van der Waals surface area contributed by atoms with Gasteiger partial charge in [-0.3, -0.25) is 9.78 Å². The summed E-state index contributed by atoms with van der Waals surface area (Å²) in [6.45, 7) is 0.396. The van der Waals surface area contributed by atoms with Gasteiger partial charge in [0.2, 0.25) is 11.8 Å². The molecule has 2 N–H and O–H groups in total. The summed E-state index contributed by atoms with van der Waals surface area (Å²) < 4.78 is 5.60. The van der Waals surface area contributed by atoms with Crippen LogP contribution >= 0.6 is 11.8 Å². The Balaban J connectivity index is 1.23. The maximum atomic E-state index is 11.9. The van der Waals surface area contributed by atoms with E-state index in [0.717, 1.165) is 22.6 Å². The van der Waals surface area contributed by atoms with E-state index in [9.17, 15) is 4.79 Å². The van der Waals surface area contributed by atoms with Gasteiger partial charge in [0.15, 0.2) is 0 Å². The zero-order valence-electron chi connectivity index (χ0n) is 15.0. The van der Waals surface area contributed by atoms with Crippen LogP contribution in [0, 0.1) is 0 Å². The topological polar surface area (TPSA) is 110 Å². The molecule has 28 heavy (non-hydrogen) atoms. The summed E-state index contributed by atoms with van der Waals surface area (Å²) in [6, 6.07) is 13.5. The van der Waals surface area contributed by atoms with E-state index in [1.807, 2.05) is 42.5 Å². The van der Waals surface area contributed by atoms with Crippen molar-refractivity contribution in [1.29, 1.82) is 0 Å². The van der Waals surface area contributed by atoms with Crippen molar-refractivity contribution < 1.29 is 9.21 Å². The van der Waals surface area contributed by atoms with Crippen molar-refractivity contribution in [3.63, 3.8) is 0 Å². The zero-order valence-corrected chi connectivity index (χ0v) is 15.8. The number of amides is 1. The van der Waals surface area contributed by atoms with E-state index in [2.05, 4.69) is 30.5 Å². The van der Waals surface area contributed by atoms with Crippen LogP contribution in [-0.2, 0) is 24.2 Å². The van der Waals surface area contributed by atoms with E-state index in [1.165, 1.54) is 11.8 Å². The average Bonchev–Trinajstić information content (AvgIpc) is 3.36. The third-order valence-electron chi connectivity index (χ3n) is 3.98. The molecule has 3 aromatic heterocycles. The maximum Gasteiger partial charge on any atom is 0.277 e. The number of nitrogens with zero attached hydrogens (tertiary/aromatic N) is 4. The number of benzene rings is 1.